The van der Waals surface area contributed by atoms with E-state index in [1.54, 1.807) is 0 Å². The van der Waals surface area contributed by atoms with Crippen LogP contribution in [0, 0.1) is 5.82 Å². The number of rotatable bonds is 3. The molecule has 0 bridgehead atoms. The van der Waals surface area contributed by atoms with Gasteiger partial charge in [0.05, 0.1) is 5.69 Å². The maximum atomic E-state index is 13.1. The van der Waals surface area contributed by atoms with Crippen LogP contribution in [0.5, 0.6) is 0 Å². The van der Waals surface area contributed by atoms with Crippen LogP contribution < -0.4 is 5.73 Å². The monoisotopic (exact) mass is 171 g/mol. The molecule has 1 heterocycles. The maximum absolute atomic E-state index is 13.1. The minimum absolute atomic E-state index is 0.0343. The van der Waals surface area contributed by atoms with Gasteiger partial charge in [-0.05, 0) is 6.42 Å². The normalized spacial score (nSPS) is 13.2. The quantitative estimate of drug-likeness (QED) is 0.731. The molecule has 0 amide bonds. The Morgan fingerprint density at radius 1 is 1.67 bits per heavy atom. The molecule has 4 heteroatoms. The SMILES string of the molecule is CCCC(C)c1[nH]nc(N)c1F. The minimum atomic E-state index is -0.393. The number of hydrogen-bond donors (Lipinski definition) is 2. The van der Waals surface area contributed by atoms with Gasteiger partial charge in [0.1, 0.15) is 0 Å². The van der Waals surface area contributed by atoms with Crippen LogP contribution in [0.15, 0.2) is 0 Å². The van der Waals surface area contributed by atoms with E-state index in [9.17, 15) is 4.39 Å². The predicted octanol–water partition coefficient (Wildman–Crippen LogP) is 2.03. The summed E-state index contributed by atoms with van der Waals surface area (Å²) in [7, 11) is 0. The van der Waals surface area contributed by atoms with Crippen molar-refractivity contribution in [1.29, 1.82) is 0 Å². The standard InChI is InChI=1S/C8H14FN3/c1-3-4-5(2)7-6(9)8(10)12-11-7/h5H,3-4H2,1-2H3,(H3,10,11,12). The first-order valence-corrected chi connectivity index (χ1v) is 4.16. The van der Waals surface area contributed by atoms with Crippen LogP contribution in [-0.4, -0.2) is 10.2 Å². The van der Waals surface area contributed by atoms with Crippen LogP contribution in [0.2, 0.25) is 0 Å². The molecule has 0 aliphatic rings. The zero-order valence-electron chi connectivity index (χ0n) is 7.39. The molecule has 1 aromatic rings. The average Bonchev–Trinajstić information content (AvgIpc) is 2.34. The van der Waals surface area contributed by atoms with Crippen molar-refractivity contribution in [2.24, 2.45) is 0 Å². The molecule has 0 radical (unpaired) electrons. The topological polar surface area (TPSA) is 54.7 Å². The lowest BCUT2D eigenvalue weighted by Crippen LogP contribution is -1.96. The highest BCUT2D eigenvalue weighted by atomic mass is 19.1. The number of hydrogen-bond acceptors (Lipinski definition) is 2. The molecule has 0 aromatic carbocycles. The van der Waals surface area contributed by atoms with Gasteiger partial charge in [-0.3, -0.25) is 5.10 Å². The average molecular weight is 171 g/mol. The van der Waals surface area contributed by atoms with Crippen LogP contribution in [-0.2, 0) is 0 Å². The molecular formula is C8H14FN3. The summed E-state index contributed by atoms with van der Waals surface area (Å²) in [5.41, 5.74) is 5.78. The van der Waals surface area contributed by atoms with Crippen molar-refractivity contribution in [1.82, 2.24) is 10.2 Å². The summed E-state index contributed by atoms with van der Waals surface area (Å²) < 4.78 is 13.1. The Labute approximate surface area is 71.2 Å². The van der Waals surface area contributed by atoms with Gasteiger partial charge in [-0.2, -0.15) is 5.10 Å². The van der Waals surface area contributed by atoms with E-state index >= 15 is 0 Å². The Bertz CT molecular complexity index is 257. The van der Waals surface area contributed by atoms with Crippen LogP contribution in [0.25, 0.3) is 0 Å². The molecule has 1 atom stereocenters. The molecule has 0 spiro atoms. The first-order chi connectivity index (χ1) is 5.66. The molecule has 3 N–H and O–H groups in total. The second kappa shape index (κ2) is 3.56. The van der Waals surface area contributed by atoms with Gasteiger partial charge in [0.25, 0.3) is 0 Å². The van der Waals surface area contributed by atoms with E-state index in [-0.39, 0.29) is 11.7 Å². The Morgan fingerprint density at radius 3 is 2.75 bits per heavy atom. The summed E-state index contributed by atoms with van der Waals surface area (Å²) in [4.78, 5) is 0. The Morgan fingerprint density at radius 2 is 2.33 bits per heavy atom. The number of nitrogens with two attached hydrogens (primary N) is 1. The molecule has 0 saturated carbocycles. The van der Waals surface area contributed by atoms with Gasteiger partial charge < -0.3 is 5.73 Å². The van der Waals surface area contributed by atoms with Crippen molar-refractivity contribution in [3.63, 3.8) is 0 Å². The summed E-state index contributed by atoms with van der Waals surface area (Å²) >= 11 is 0. The van der Waals surface area contributed by atoms with E-state index in [2.05, 4.69) is 17.1 Å². The van der Waals surface area contributed by atoms with Gasteiger partial charge in [-0.25, -0.2) is 4.39 Å². The first kappa shape index (κ1) is 9.03. The maximum Gasteiger partial charge on any atom is 0.187 e. The number of aromatic amines is 1. The third kappa shape index (κ3) is 1.57. The molecule has 0 aliphatic heterocycles. The lowest BCUT2D eigenvalue weighted by atomic mass is 10.0. The summed E-state index contributed by atoms with van der Waals surface area (Å²) in [6.45, 7) is 4.02. The zero-order valence-corrected chi connectivity index (χ0v) is 7.39. The molecule has 0 saturated heterocycles. The fraction of sp³-hybridized carbons (Fsp3) is 0.625. The number of anilines is 1. The van der Waals surface area contributed by atoms with E-state index in [0.717, 1.165) is 12.8 Å². The number of nitrogens with one attached hydrogen (secondary N) is 1. The zero-order chi connectivity index (χ0) is 9.14. The number of halogens is 1. The smallest absolute Gasteiger partial charge is 0.187 e. The highest BCUT2D eigenvalue weighted by Gasteiger charge is 2.15. The number of nitrogen functional groups attached to an aromatic ring is 1. The third-order valence-corrected chi connectivity index (χ3v) is 1.97. The van der Waals surface area contributed by atoms with Crippen LogP contribution in [0.4, 0.5) is 10.2 Å². The largest absolute Gasteiger partial charge is 0.380 e. The molecule has 0 fully saturated rings. The van der Waals surface area contributed by atoms with Gasteiger partial charge in [0.15, 0.2) is 11.6 Å². The molecule has 3 nitrogen and oxygen atoms in total. The molecule has 68 valence electrons. The van der Waals surface area contributed by atoms with E-state index in [4.69, 9.17) is 5.73 Å². The molecule has 12 heavy (non-hydrogen) atoms. The number of H-pyrrole nitrogens is 1. The summed E-state index contributed by atoms with van der Waals surface area (Å²) in [5, 5.41) is 6.21. The Kier molecular flexibility index (Phi) is 2.68. The Balaban J connectivity index is 2.80. The van der Waals surface area contributed by atoms with Gasteiger partial charge in [-0.15, -0.1) is 0 Å². The second-order valence-electron chi connectivity index (χ2n) is 3.03. The van der Waals surface area contributed by atoms with E-state index < -0.39 is 5.82 Å². The van der Waals surface area contributed by atoms with Gasteiger partial charge >= 0.3 is 0 Å². The van der Waals surface area contributed by atoms with Gasteiger partial charge in [-0.1, -0.05) is 20.3 Å². The summed E-state index contributed by atoms with van der Waals surface area (Å²) in [6, 6.07) is 0. The number of aromatic nitrogens is 2. The molecular weight excluding hydrogens is 157 g/mol. The van der Waals surface area contributed by atoms with E-state index in [1.807, 2.05) is 6.92 Å². The lowest BCUT2D eigenvalue weighted by Gasteiger charge is -2.06. The van der Waals surface area contributed by atoms with E-state index in [1.165, 1.54) is 0 Å². The summed E-state index contributed by atoms with van der Waals surface area (Å²) in [6.07, 6.45) is 1.97. The number of nitrogens with zero attached hydrogens (tertiary/aromatic N) is 1. The van der Waals surface area contributed by atoms with E-state index in [0.29, 0.717) is 5.69 Å². The van der Waals surface area contributed by atoms with Crippen molar-refractivity contribution in [3.8, 4) is 0 Å². The van der Waals surface area contributed by atoms with Gasteiger partial charge in [0.2, 0.25) is 0 Å². The van der Waals surface area contributed by atoms with Crippen molar-refractivity contribution in [2.45, 2.75) is 32.6 Å². The molecule has 0 aliphatic carbocycles. The van der Waals surface area contributed by atoms with Crippen LogP contribution in [0.1, 0.15) is 38.3 Å². The minimum Gasteiger partial charge on any atom is -0.380 e. The van der Waals surface area contributed by atoms with Gasteiger partial charge in [0, 0.05) is 5.92 Å². The first-order valence-electron chi connectivity index (χ1n) is 4.16. The lowest BCUT2D eigenvalue weighted by molar-refractivity contribution is 0.567. The second-order valence-corrected chi connectivity index (χ2v) is 3.03. The molecule has 1 unspecified atom stereocenters. The third-order valence-electron chi connectivity index (χ3n) is 1.97. The van der Waals surface area contributed by atoms with Crippen molar-refractivity contribution in [2.75, 3.05) is 5.73 Å². The molecule has 1 aromatic heterocycles. The summed E-state index contributed by atoms with van der Waals surface area (Å²) in [5.74, 6) is -0.260. The molecule has 1 rings (SSSR count). The predicted molar refractivity (Wildman–Crippen MR) is 46.3 cm³/mol. The van der Waals surface area contributed by atoms with Crippen molar-refractivity contribution in [3.05, 3.63) is 11.5 Å². The fourth-order valence-corrected chi connectivity index (χ4v) is 1.26. The highest BCUT2D eigenvalue weighted by molar-refractivity contribution is 5.32. The van der Waals surface area contributed by atoms with Crippen molar-refractivity contribution < 1.29 is 4.39 Å². The van der Waals surface area contributed by atoms with Crippen LogP contribution in [0.3, 0.4) is 0 Å². The highest BCUT2D eigenvalue weighted by Crippen LogP contribution is 2.23. The fourth-order valence-electron chi connectivity index (χ4n) is 1.26. The van der Waals surface area contributed by atoms with Crippen LogP contribution >= 0.6 is 0 Å². The van der Waals surface area contributed by atoms with Crippen molar-refractivity contribution >= 4 is 5.82 Å². The Hall–Kier alpha value is -1.06.